The van der Waals surface area contributed by atoms with Crippen LogP contribution >= 0.6 is 0 Å². The standard InChI is InChI=1S/C14H13N5O2/c15-14-16-7-3-8-17(14)9-6-11-10-18(20)12-4-1-2-5-13(12)19(11)21/h1-10,14H,15H2. The highest BCUT2D eigenvalue weighted by Gasteiger charge is 2.17. The molecule has 1 aromatic heterocycles. The van der Waals surface area contributed by atoms with Crippen molar-refractivity contribution in [2.75, 3.05) is 0 Å². The molecule has 0 saturated heterocycles. The molecule has 106 valence electrons. The molecule has 2 aromatic rings. The predicted molar refractivity (Wildman–Crippen MR) is 78.3 cm³/mol. The number of para-hydroxylation sites is 2. The summed E-state index contributed by atoms with van der Waals surface area (Å²) in [6, 6.07) is 6.62. The molecule has 0 amide bonds. The number of rotatable bonds is 2. The van der Waals surface area contributed by atoms with Crippen molar-refractivity contribution in [3.05, 3.63) is 65.0 Å². The zero-order chi connectivity index (χ0) is 14.8. The highest BCUT2D eigenvalue weighted by atomic mass is 16.5. The van der Waals surface area contributed by atoms with Crippen LogP contribution in [0.25, 0.3) is 17.1 Å². The number of aliphatic imine (C=N–C) groups is 1. The Morgan fingerprint density at radius 3 is 2.76 bits per heavy atom. The average molecular weight is 283 g/mol. The molecular formula is C14H13N5O2. The summed E-state index contributed by atoms with van der Waals surface area (Å²) in [5.74, 6) is 0. The number of nitrogens with zero attached hydrogens (tertiary/aromatic N) is 4. The Hall–Kier alpha value is -2.93. The van der Waals surface area contributed by atoms with E-state index in [1.165, 1.54) is 12.3 Å². The Morgan fingerprint density at radius 2 is 2.00 bits per heavy atom. The highest BCUT2D eigenvalue weighted by molar-refractivity contribution is 5.72. The number of hydrogen-bond acceptors (Lipinski definition) is 5. The fraction of sp³-hybridized carbons (Fsp3) is 0.0714. The fourth-order valence-corrected chi connectivity index (χ4v) is 2.06. The Labute approximate surface area is 120 Å². The van der Waals surface area contributed by atoms with E-state index in [2.05, 4.69) is 4.99 Å². The van der Waals surface area contributed by atoms with Gasteiger partial charge < -0.3 is 15.3 Å². The lowest BCUT2D eigenvalue weighted by Gasteiger charge is -2.21. The summed E-state index contributed by atoms with van der Waals surface area (Å²) in [7, 11) is 0. The van der Waals surface area contributed by atoms with Crippen LogP contribution in [0.4, 0.5) is 0 Å². The van der Waals surface area contributed by atoms with Crippen molar-refractivity contribution in [3.63, 3.8) is 0 Å². The van der Waals surface area contributed by atoms with Crippen molar-refractivity contribution < 1.29 is 9.46 Å². The predicted octanol–water partition coefficient (Wildman–Crippen LogP) is 0.220. The summed E-state index contributed by atoms with van der Waals surface area (Å²) in [6.07, 6.45) is 8.89. The van der Waals surface area contributed by atoms with Crippen molar-refractivity contribution in [2.24, 2.45) is 10.7 Å². The van der Waals surface area contributed by atoms with Crippen LogP contribution in [0.2, 0.25) is 0 Å². The minimum atomic E-state index is -0.536. The van der Waals surface area contributed by atoms with Crippen LogP contribution in [0.3, 0.4) is 0 Å². The van der Waals surface area contributed by atoms with E-state index in [-0.39, 0.29) is 5.69 Å². The highest BCUT2D eigenvalue weighted by Crippen LogP contribution is 2.08. The quantitative estimate of drug-likeness (QED) is 0.630. The van der Waals surface area contributed by atoms with Crippen LogP contribution in [0.5, 0.6) is 0 Å². The van der Waals surface area contributed by atoms with E-state index >= 15 is 0 Å². The molecule has 1 aliphatic heterocycles. The molecule has 3 rings (SSSR count). The van der Waals surface area contributed by atoms with Crippen LogP contribution in [-0.2, 0) is 0 Å². The van der Waals surface area contributed by atoms with Gasteiger partial charge in [-0.15, -0.1) is 0 Å². The van der Waals surface area contributed by atoms with Gasteiger partial charge in [0, 0.05) is 36.8 Å². The second kappa shape index (κ2) is 5.22. The summed E-state index contributed by atoms with van der Waals surface area (Å²) in [6.45, 7) is 0. The van der Waals surface area contributed by atoms with E-state index in [9.17, 15) is 10.4 Å². The number of allylic oxidation sites excluding steroid dienone is 1. The molecule has 21 heavy (non-hydrogen) atoms. The van der Waals surface area contributed by atoms with Gasteiger partial charge in [-0.1, -0.05) is 12.1 Å². The number of aromatic nitrogens is 2. The van der Waals surface area contributed by atoms with E-state index in [4.69, 9.17) is 5.73 Å². The maximum Gasteiger partial charge on any atom is 0.290 e. The molecule has 0 spiro atoms. The lowest BCUT2D eigenvalue weighted by molar-refractivity contribution is -0.630. The molecule has 1 aliphatic rings. The molecule has 2 N–H and O–H groups in total. The summed E-state index contributed by atoms with van der Waals surface area (Å²) in [5.41, 5.74) is 6.63. The molecular weight excluding hydrogens is 270 g/mol. The summed E-state index contributed by atoms with van der Waals surface area (Å²) in [4.78, 5) is 5.63. The molecule has 0 aliphatic carbocycles. The van der Waals surface area contributed by atoms with Crippen molar-refractivity contribution in [1.82, 2.24) is 4.90 Å². The SMILES string of the molecule is NC1N=CC=CN1C=Cc1c[n+]([O-])c2ccccc2[n+]1[O-]. The van der Waals surface area contributed by atoms with Crippen LogP contribution < -0.4 is 15.2 Å². The molecule has 0 saturated carbocycles. The number of nitrogens with two attached hydrogens (primary N) is 1. The van der Waals surface area contributed by atoms with Gasteiger partial charge in [-0.05, 0) is 6.08 Å². The third-order valence-electron chi connectivity index (χ3n) is 3.13. The Balaban J connectivity index is 1.99. The van der Waals surface area contributed by atoms with E-state index < -0.39 is 6.29 Å². The number of benzene rings is 1. The first kappa shape index (κ1) is 13.1. The zero-order valence-electron chi connectivity index (χ0n) is 11.0. The minimum absolute atomic E-state index is 0.221. The van der Waals surface area contributed by atoms with E-state index in [1.54, 1.807) is 53.9 Å². The van der Waals surface area contributed by atoms with Crippen molar-refractivity contribution >= 4 is 23.3 Å². The Morgan fingerprint density at radius 1 is 1.24 bits per heavy atom. The van der Waals surface area contributed by atoms with Gasteiger partial charge in [0.15, 0.2) is 6.29 Å². The van der Waals surface area contributed by atoms with Gasteiger partial charge in [-0.3, -0.25) is 10.7 Å². The second-order valence-electron chi connectivity index (χ2n) is 4.48. The Bertz CT molecular complexity index is 769. The monoisotopic (exact) mass is 283 g/mol. The molecule has 1 atom stereocenters. The van der Waals surface area contributed by atoms with Gasteiger partial charge in [0.25, 0.3) is 22.9 Å². The van der Waals surface area contributed by atoms with Gasteiger partial charge in [0.1, 0.15) is 0 Å². The third kappa shape index (κ3) is 2.41. The average Bonchev–Trinajstić information content (AvgIpc) is 2.51. The lowest BCUT2D eigenvalue weighted by atomic mass is 10.3. The van der Waals surface area contributed by atoms with Gasteiger partial charge in [-0.25, -0.2) is 0 Å². The number of hydrogen-bond donors (Lipinski definition) is 1. The number of fused-ring (bicyclic) bond motifs is 1. The van der Waals surface area contributed by atoms with Crippen LogP contribution in [0.15, 0.2) is 53.9 Å². The van der Waals surface area contributed by atoms with Crippen LogP contribution in [0, 0.1) is 10.4 Å². The first-order valence-corrected chi connectivity index (χ1v) is 6.32. The van der Waals surface area contributed by atoms with Gasteiger partial charge in [0.2, 0.25) is 0 Å². The zero-order valence-corrected chi connectivity index (χ0v) is 11.0. The van der Waals surface area contributed by atoms with Crippen LogP contribution in [0.1, 0.15) is 5.69 Å². The fourth-order valence-electron chi connectivity index (χ4n) is 2.06. The first-order chi connectivity index (χ1) is 10.2. The van der Waals surface area contributed by atoms with E-state index in [1.807, 2.05) is 0 Å². The lowest BCUT2D eigenvalue weighted by Crippen LogP contribution is -2.40. The third-order valence-corrected chi connectivity index (χ3v) is 3.13. The topological polar surface area (TPSA) is 95.5 Å². The molecule has 0 radical (unpaired) electrons. The molecule has 7 heteroatoms. The Kier molecular flexibility index (Phi) is 3.25. The van der Waals surface area contributed by atoms with E-state index in [0.717, 1.165) is 0 Å². The molecule has 0 fully saturated rings. The smallest absolute Gasteiger partial charge is 0.290 e. The summed E-state index contributed by atoms with van der Waals surface area (Å²) < 4.78 is 1.39. The maximum absolute atomic E-state index is 12.3. The maximum atomic E-state index is 12.3. The van der Waals surface area contributed by atoms with E-state index in [0.29, 0.717) is 20.5 Å². The van der Waals surface area contributed by atoms with Crippen LogP contribution in [-0.4, -0.2) is 17.4 Å². The summed E-state index contributed by atoms with van der Waals surface area (Å²) in [5, 5.41) is 24.2. The normalized spacial score (nSPS) is 18.0. The molecule has 2 heterocycles. The molecule has 1 aromatic carbocycles. The molecule has 7 nitrogen and oxygen atoms in total. The van der Waals surface area contributed by atoms with Gasteiger partial charge in [0.05, 0.1) is 0 Å². The van der Waals surface area contributed by atoms with Crippen molar-refractivity contribution in [1.29, 1.82) is 0 Å². The minimum Gasteiger partial charge on any atom is -0.618 e. The van der Waals surface area contributed by atoms with Gasteiger partial charge in [-0.2, -0.15) is 9.46 Å². The second-order valence-corrected chi connectivity index (χ2v) is 4.48. The van der Waals surface area contributed by atoms with Crippen molar-refractivity contribution in [3.8, 4) is 0 Å². The molecule has 1 unspecified atom stereocenters. The largest absolute Gasteiger partial charge is 0.618 e. The van der Waals surface area contributed by atoms with Crippen molar-refractivity contribution in [2.45, 2.75) is 6.29 Å². The first-order valence-electron chi connectivity index (χ1n) is 6.32. The summed E-state index contributed by atoms with van der Waals surface area (Å²) >= 11 is 0. The molecule has 0 bridgehead atoms. The van der Waals surface area contributed by atoms with Gasteiger partial charge >= 0.3 is 0 Å².